The quantitative estimate of drug-likeness (QED) is 0.859. The molecule has 1 saturated heterocycles. The van der Waals surface area contributed by atoms with Gasteiger partial charge in [-0.2, -0.15) is 0 Å². The largest absolute Gasteiger partial charge is 0.464 e. The minimum Gasteiger partial charge on any atom is -0.464 e. The van der Waals surface area contributed by atoms with Gasteiger partial charge in [-0.3, -0.25) is 4.79 Å². The summed E-state index contributed by atoms with van der Waals surface area (Å²) in [6, 6.07) is 7.03. The zero-order valence-electron chi connectivity index (χ0n) is 9.11. The smallest absolute Gasteiger partial charge is 0.328 e. The van der Waals surface area contributed by atoms with Crippen LogP contribution in [0.1, 0.15) is 12.0 Å². The van der Waals surface area contributed by atoms with Gasteiger partial charge in [0.05, 0.1) is 13.0 Å². The van der Waals surface area contributed by atoms with Crippen LogP contribution in [0.15, 0.2) is 28.7 Å². The van der Waals surface area contributed by atoms with Crippen LogP contribution in [0.3, 0.4) is 0 Å². The fraction of sp³-hybridized carbons (Fsp3) is 0.333. The highest BCUT2D eigenvalue weighted by Crippen LogP contribution is 2.16. The van der Waals surface area contributed by atoms with Crippen LogP contribution >= 0.6 is 15.9 Å². The summed E-state index contributed by atoms with van der Waals surface area (Å²) < 4.78 is 5.67. The summed E-state index contributed by atoms with van der Waals surface area (Å²) in [5.74, 6) is -0.508. The first kappa shape index (κ1) is 12.1. The van der Waals surface area contributed by atoms with E-state index in [1.165, 1.54) is 0 Å². The molecule has 1 N–H and O–H groups in total. The summed E-state index contributed by atoms with van der Waals surface area (Å²) in [6.45, 7) is 0.388. The maximum absolute atomic E-state index is 11.7. The zero-order chi connectivity index (χ0) is 12.3. The third-order valence-corrected chi connectivity index (χ3v) is 3.35. The Labute approximate surface area is 107 Å². The molecule has 2 rings (SSSR count). The number of hydrogen-bond acceptors (Lipinski definition) is 3. The monoisotopic (exact) mass is 297 g/mol. The number of rotatable bonds is 3. The van der Waals surface area contributed by atoms with Crippen molar-refractivity contribution in [3.63, 3.8) is 0 Å². The van der Waals surface area contributed by atoms with Crippen LogP contribution in [0.2, 0.25) is 0 Å². The summed E-state index contributed by atoms with van der Waals surface area (Å²) in [4.78, 5) is 22.9. The molecule has 0 spiro atoms. The van der Waals surface area contributed by atoms with Crippen LogP contribution in [-0.2, 0) is 20.7 Å². The molecule has 0 aliphatic carbocycles. The second kappa shape index (κ2) is 5.31. The Kier molecular flexibility index (Phi) is 3.78. The summed E-state index contributed by atoms with van der Waals surface area (Å²) in [6.07, 6.45) is 0.811. The van der Waals surface area contributed by atoms with Crippen molar-refractivity contribution in [1.29, 1.82) is 0 Å². The maximum Gasteiger partial charge on any atom is 0.328 e. The van der Waals surface area contributed by atoms with Crippen LogP contribution in [0.5, 0.6) is 0 Å². The minimum atomic E-state index is -0.481. The molecule has 17 heavy (non-hydrogen) atoms. The fourth-order valence-electron chi connectivity index (χ4n) is 1.69. The van der Waals surface area contributed by atoms with Gasteiger partial charge in [-0.25, -0.2) is 4.79 Å². The van der Waals surface area contributed by atoms with Crippen molar-refractivity contribution in [2.75, 3.05) is 6.61 Å². The average molecular weight is 298 g/mol. The second-order valence-electron chi connectivity index (χ2n) is 3.84. The molecule has 0 bridgehead atoms. The molecular formula is C12H12BrNO3. The van der Waals surface area contributed by atoms with Gasteiger partial charge in [-0.15, -0.1) is 0 Å². The highest BCUT2D eigenvalue weighted by molar-refractivity contribution is 9.10. The Morgan fingerprint density at radius 2 is 2.24 bits per heavy atom. The first-order chi connectivity index (χ1) is 8.16. The van der Waals surface area contributed by atoms with E-state index in [0.29, 0.717) is 13.0 Å². The molecule has 1 atom stereocenters. The molecule has 5 heteroatoms. The molecule has 1 aliphatic heterocycles. The van der Waals surface area contributed by atoms with E-state index >= 15 is 0 Å². The van der Waals surface area contributed by atoms with Crippen molar-refractivity contribution in [2.45, 2.75) is 18.9 Å². The van der Waals surface area contributed by atoms with Crippen molar-refractivity contribution < 1.29 is 14.3 Å². The van der Waals surface area contributed by atoms with Gasteiger partial charge in [0.25, 0.3) is 0 Å². The number of ether oxygens (including phenoxy) is 1. The van der Waals surface area contributed by atoms with E-state index in [1.807, 2.05) is 24.3 Å². The number of halogens is 1. The molecule has 0 aromatic heterocycles. The summed E-state index contributed by atoms with van der Waals surface area (Å²) in [5.41, 5.74) is 0.899. The lowest BCUT2D eigenvalue weighted by atomic mass is 10.1. The van der Waals surface area contributed by atoms with Crippen LogP contribution in [0, 0.1) is 0 Å². The number of carbonyl (C=O) groups is 2. The SMILES string of the molecule is O=C(Cc1ccccc1Br)NC1CCOC1=O. The first-order valence-electron chi connectivity index (χ1n) is 5.36. The third kappa shape index (κ3) is 3.06. The number of esters is 1. The molecule has 1 heterocycles. The lowest BCUT2D eigenvalue weighted by molar-refractivity contribution is -0.141. The number of carbonyl (C=O) groups excluding carboxylic acids is 2. The Bertz CT molecular complexity index is 447. The molecule has 90 valence electrons. The average Bonchev–Trinajstić information content (AvgIpc) is 2.68. The molecule has 1 aliphatic rings. The molecule has 1 fully saturated rings. The van der Waals surface area contributed by atoms with Gasteiger partial charge < -0.3 is 10.1 Å². The van der Waals surface area contributed by atoms with Crippen molar-refractivity contribution >= 4 is 27.8 Å². The summed E-state index contributed by atoms with van der Waals surface area (Å²) in [5, 5.41) is 2.67. The van der Waals surface area contributed by atoms with Crippen molar-refractivity contribution in [1.82, 2.24) is 5.32 Å². The zero-order valence-corrected chi connectivity index (χ0v) is 10.7. The van der Waals surface area contributed by atoms with Crippen molar-refractivity contribution in [3.8, 4) is 0 Å². The van der Waals surface area contributed by atoms with Crippen molar-refractivity contribution in [2.24, 2.45) is 0 Å². The van der Waals surface area contributed by atoms with Crippen LogP contribution in [0.4, 0.5) is 0 Å². The Morgan fingerprint density at radius 1 is 1.47 bits per heavy atom. The summed E-state index contributed by atoms with van der Waals surface area (Å²) in [7, 11) is 0. The maximum atomic E-state index is 11.7. The highest BCUT2D eigenvalue weighted by Gasteiger charge is 2.27. The normalized spacial score (nSPS) is 18.9. The lowest BCUT2D eigenvalue weighted by Crippen LogP contribution is -2.38. The molecule has 0 radical (unpaired) electrons. The van der Waals surface area contributed by atoms with E-state index in [-0.39, 0.29) is 18.3 Å². The second-order valence-corrected chi connectivity index (χ2v) is 4.70. The van der Waals surface area contributed by atoms with Gasteiger partial charge in [0.2, 0.25) is 5.91 Å². The predicted molar refractivity (Wildman–Crippen MR) is 65.4 cm³/mol. The molecule has 0 saturated carbocycles. The van der Waals surface area contributed by atoms with E-state index < -0.39 is 6.04 Å². The Hall–Kier alpha value is -1.36. The molecular weight excluding hydrogens is 286 g/mol. The minimum absolute atomic E-state index is 0.166. The third-order valence-electron chi connectivity index (χ3n) is 2.58. The molecule has 1 aromatic carbocycles. The number of cyclic esters (lactones) is 1. The fourth-order valence-corrected chi connectivity index (χ4v) is 2.11. The van der Waals surface area contributed by atoms with Crippen molar-refractivity contribution in [3.05, 3.63) is 34.3 Å². The van der Waals surface area contributed by atoms with E-state index in [2.05, 4.69) is 21.2 Å². The van der Waals surface area contributed by atoms with Gasteiger partial charge in [0.15, 0.2) is 0 Å². The van der Waals surface area contributed by atoms with E-state index in [4.69, 9.17) is 4.74 Å². The topological polar surface area (TPSA) is 55.4 Å². The van der Waals surface area contributed by atoms with Gasteiger partial charge in [0.1, 0.15) is 6.04 Å². The number of amides is 1. The summed E-state index contributed by atoms with van der Waals surface area (Å²) >= 11 is 3.38. The van der Waals surface area contributed by atoms with Crippen LogP contribution < -0.4 is 5.32 Å². The molecule has 4 nitrogen and oxygen atoms in total. The van der Waals surface area contributed by atoms with Crippen LogP contribution in [0.25, 0.3) is 0 Å². The number of benzene rings is 1. The standard InChI is InChI=1S/C12H12BrNO3/c13-9-4-2-1-3-8(9)7-11(15)14-10-5-6-17-12(10)16/h1-4,10H,5-7H2,(H,14,15). The van der Waals surface area contributed by atoms with E-state index in [0.717, 1.165) is 10.0 Å². The number of hydrogen-bond donors (Lipinski definition) is 1. The van der Waals surface area contributed by atoms with E-state index in [1.54, 1.807) is 0 Å². The van der Waals surface area contributed by atoms with Gasteiger partial charge in [-0.05, 0) is 11.6 Å². The van der Waals surface area contributed by atoms with Gasteiger partial charge >= 0.3 is 5.97 Å². The van der Waals surface area contributed by atoms with Gasteiger partial charge in [-0.1, -0.05) is 34.1 Å². The Balaban J connectivity index is 1.93. The lowest BCUT2D eigenvalue weighted by Gasteiger charge is -2.09. The highest BCUT2D eigenvalue weighted by atomic mass is 79.9. The predicted octanol–water partition coefficient (Wildman–Crippen LogP) is 1.42. The van der Waals surface area contributed by atoms with Crippen LogP contribution in [-0.4, -0.2) is 24.5 Å². The molecule has 1 amide bonds. The Morgan fingerprint density at radius 3 is 2.88 bits per heavy atom. The van der Waals surface area contributed by atoms with E-state index in [9.17, 15) is 9.59 Å². The molecule has 1 aromatic rings. The first-order valence-corrected chi connectivity index (χ1v) is 6.15. The molecule has 1 unspecified atom stereocenters. The van der Waals surface area contributed by atoms with Gasteiger partial charge in [0, 0.05) is 10.9 Å². The number of nitrogens with one attached hydrogen (secondary N) is 1.